The Morgan fingerprint density at radius 2 is 1.92 bits per heavy atom. The molecule has 0 unspecified atom stereocenters. The molecule has 9 nitrogen and oxygen atoms in total. The Balaban J connectivity index is 1.14. The van der Waals surface area contributed by atoms with Crippen LogP contribution in [0.3, 0.4) is 0 Å². The number of nitrogens with zero attached hydrogens (tertiary/aromatic N) is 5. The van der Waals surface area contributed by atoms with Gasteiger partial charge >= 0.3 is 12.1 Å². The van der Waals surface area contributed by atoms with Crippen LogP contribution >= 0.6 is 0 Å². The molecule has 1 fully saturated rings. The molecule has 1 saturated heterocycles. The van der Waals surface area contributed by atoms with Gasteiger partial charge < -0.3 is 23.8 Å². The van der Waals surface area contributed by atoms with Gasteiger partial charge in [-0.1, -0.05) is 17.3 Å². The summed E-state index contributed by atoms with van der Waals surface area (Å²) < 4.78 is 54.1. The van der Waals surface area contributed by atoms with Gasteiger partial charge in [0, 0.05) is 49.9 Å². The van der Waals surface area contributed by atoms with Gasteiger partial charge in [-0.05, 0) is 32.0 Å². The zero-order chi connectivity index (χ0) is 25.5. The lowest BCUT2D eigenvalue weighted by molar-refractivity contribution is -0.159. The number of ether oxygens (including phenoxy) is 2. The van der Waals surface area contributed by atoms with E-state index >= 15 is 0 Å². The van der Waals surface area contributed by atoms with Crippen molar-refractivity contribution in [3.05, 3.63) is 48.0 Å². The zero-order valence-corrected chi connectivity index (χ0v) is 19.7. The van der Waals surface area contributed by atoms with Crippen molar-refractivity contribution < 1.29 is 32.0 Å². The Kier molecular flexibility index (Phi) is 5.97. The van der Waals surface area contributed by atoms with E-state index in [0.29, 0.717) is 49.1 Å². The quantitative estimate of drug-likeness (QED) is 0.522. The lowest BCUT2D eigenvalue weighted by Gasteiger charge is -2.35. The van der Waals surface area contributed by atoms with Crippen LogP contribution in [0.25, 0.3) is 11.4 Å². The highest BCUT2D eigenvalue weighted by Crippen LogP contribution is 2.41. The van der Waals surface area contributed by atoms with Crippen LogP contribution in [-0.2, 0) is 17.4 Å². The number of pyridine rings is 1. The van der Waals surface area contributed by atoms with Crippen LogP contribution in [0, 0.1) is 0 Å². The molecule has 0 saturated carbocycles. The second-order valence-electron chi connectivity index (χ2n) is 9.27. The fourth-order valence-electron chi connectivity index (χ4n) is 4.28. The number of alkyl halides is 3. The first-order valence-electron chi connectivity index (χ1n) is 11.4. The summed E-state index contributed by atoms with van der Waals surface area (Å²) in [6, 6.07) is 8.96. The van der Waals surface area contributed by atoms with Gasteiger partial charge in [-0.25, -0.2) is 4.98 Å². The van der Waals surface area contributed by atoms with Crippen LogP contribution in [0.2, 0.25) is 0 Å². The minimum absolute atomic E-state index is 0.0855. The van der Waals surface area contributed by atoms with E-state index in [9.17, 15) is 18.0 Å². The fourth-order valence-corrected chi connectivity index (χ4v) is 4.28. The van der Waals surface area contributed by atoms with Crippen molar-refractivity contribution in [3.8, 4) is 22.9 Å². The van der Waals surface area contributed by atoms with Crippen LogP contribution in [-0.4, -0.2) is 64.3 Å². The van der Waals surface area contributed by atoms with Gasteiger partial charge in [0.05, 0.1) is 0 Å². The second kappa shape index (κ2) is 8.99. The van der Waals surface area contributed by atoms with Crippen molar-refractivity contribution in [3.63, 3.8) is 0 Å². The molecule has 1 aromatic carbocycles. The summed E-state index contributed by atoms with van der Waals surface area (Å²) in [5.41, 5.74) is 1.08. The third-order valence-electron chi connectivity index (χ3n) is 6.04. The predicted octanol–water partition coefficient (Wildman–Crippen LogP) is 3.59. The third-order valence-corrected chi connectivity index (χ3v) is 6.04. The van der Waals surface area contributed by atoms with E-state index in [-0.39, 0.29) is 23.9 Å². The average Bonchev–Trinajstić information content (AvgIpc) is 3.47. The summed E-state index contributed by atoms with van der Waals surface area (Å²) in [6.07, 6.45) is -2.52. The van der Waals surface area contributed by atoms with Crippen molar-refractivity contribution in [2.45, 2.75) is 32.0 Å². The number of aromatic nitrogens is 3. The number of benzene rings is 1. The number of anilines is 1. The van der Waals surface area contributed by atoms with Crippen molar-refractivity contribution in [1.82, 2.24) is 20.0 Å². The van der Waals surface area contributed by atoms with E-state index in [1.807, 2.05) is 30.9 Å². The van der Waals surface area contributed by atoms with Crippen LogP contribution in [0.15, 0.2) is 41.1 Å². The highest BCUT2D eigenvalue weighted by Gasteiger charge is 2.38. The van der Waals surface area contributed by atoms with Crippen molar-refractivity contribution in [2.75, 3.05) is 37.7 Å². The van der Waals surface area contributed by atoms with E-state index in [0.717, 1.165) is 12.0 Å². The molecule has 4 heterocycles. The fraction of sp³-hybridized carbons (Fsp3) is 0.417. The summed E-state index contributed by atoms with van der Waals surface area (Å²) in [5, 5.41) is 3.37. The van der Waals surface area contributed by atoms with Gasteiger partial charge in [-0.15, -0.1) is 0 Å². The van der Waals surface area contributed by atoms with Gasteiger partial charge in [0.15, 0.2) is 18.1 Å². The molecular formula is C24H24F3N5O4. The summed E-state index contributed by atoms with van der Waals surface area (Å²) >= 11 is 0. The number of fused-ring (bicyclic) bond motifs is 1. The van der Waals surface area contributed by atoms with Crippen molar-refractivity contribution in [2.24, 2.45) is 0 Å². The number of rotatable bonds is 5. The van der Waals surface area contributed by atoms with Gasteiger partial charge in [0.1, 0.15) is 11.4 Å². The molecular weight excluding hydrogens is 479 g/mol. The monoisotopic (exact) mass is 503 g/mol. The summed E-state index contributed by atoms with van der Waals surface area (Å²) in [6.45, 7) is 6.02. The highest BCUT2D eigenvalue weighted by molar-refractivity contribution is 5.78. The molecule has 0 bridgehead atoms. The predicted molar refractivity (Wildman–Crippen MR) is 122 cm³/mol. The number of halogens is 3. The summed E-state index contributed by atoms with van der Waals surface area (Å²) in [7, 11) is 0. The summed E-state index contributed by atoms with van der Waals surface area (Å²) in [5.74, 6) is 0.198. The maximum absolute atomic E-state index is 12.7. The topological polar surface area (TPSA) is 93.8 Å². The van der Waals surface area contributed by atoms with Crippen LogP contribution in [0.1, 0.15) is 25.3 Å². The SMILES string of the molecule is CC1(C)Cc2cccc(OCC(=O)N3CCN(c4ccc(-c5noc(C(F)(F)F)n5)cn4)CC3)c2O1. The molecule has 3 aromatic rings. The first-order valence-corrected chi connectivity index (χ1v) is 11.4. The maximum atomic E-state index is 12.7. The molecule has 2 aliphatic heterocycles. The Morgan fingerprint density at radius 1 is 1.14 bits per heavy atom. The normalized spacial score (nSPS) is 17.0. The number of hydrogen-bond acceptors (Lipinski definition) is 8. The molecule has 2 aromatic heterocycles. The largest absolute Gasteiger partial charge is 0.483 e. The van der Waals surface area contributed by atoms with Crippen LogP contribution < -0.4 is 14.4 Å². The van der Waals surface area contributed by atoms with Crippen LogP contribution in [0.5, 0.6) is 11.5 Å². The molecule has 0 aliphatic carbocycles. The number of hydrogen-bond donors (Lipinski definition) is 0. The first-order chi connectivity index (χ1) is 17.1. The van der Waals surface area contributed by atoms with E-state index < -0.39 is 12.1 Å². The van der Waals surface area contributed by atoms with E-state index in [1.165, 1.54) is 6.20 Å². The van der Waals surface area contributed by atoms with Gasteiger partial charge in [0.2, 0.25) is 5.82 Å². The smallest absolute Gasteiger partial charge is 0.471 e. The maximum Gasteiger partial charge on any atom is 0.471 e. The van der Waals surface area contributed by atoms with Crippen LogP contribution in [0.4, 0.5) is 19.0 Å². The number of carbonyl (C=O) groups excluding carboxylic acids is 1. The molecule has 0 spiro atoms. The molecule has 2 aliphatic rings. The molecule has 1 amide bonds. The van der Waals surface area contributed by atoms with Crippen molar-refractivity contribution >= 4 is 11.7 Å². The average molecular weight is 503 g/mol. The number of piperazine rings is 1. The lowest BCUT2D eigenvalue weighted by Crippen LogP contribution is -2.50. The third kappa shape index (κ3) is 4.93. The zero-order valence-electron chi connectivity index (χ0n) is 19.7. The summed E-state index contributed by atoms with van der Waals surface area (Å²) in [4.78, 5) is 24.2. The van der Waals surface area contributed by atoms with Gasteiger partial charge in [-0.2, -0.15) is 18.2 Å². The Morgan fingerprint density at radius 3 is 2.58 bits per heavy atom. The number of carbonyl (C=O) groups is 1. The van der Waals surface area contributed by atoms with Gasteiger partial charge in [-0.3, -0.25) is 4.79 Å². The Labute approximate surface area is 204 Å². The molecule has 190 valence electrons. The van der Waals surface area contributed by atoms with Crippen molar-refractivity contribution in [1.29, 1.82) is 0 Å². The Hall–Kier alpha value is -3.83. The molecule has 12 heteroatoms. The highest BCUT2D eigenvalue weighted by atomic mass is 19.4. The van der Waals surface area contributed by atoms with Gasteiger partial charge in [0.25, 0.3) is 5.91 Å². The molecule has 0 atom stereocenters. The lowest BCUT2D eigenvalue weighted by atomic mass is 10.0. The molecule has 36 heavy (non-hydrogen) atoms. The number of para-hydroxylation sites is 1. The molecule has 0 radical (unpaired) electrons. The van der Waals surface area contributed by atoms with E-state index in [2.05, 4.69) is 19.6 Å². The first kappa shape index (κ1) is 23.9. The minimum Gasteiger partial charge on any atom is -0.483 e. The second-order valence-corrected chi connectivity index (χ2v) is 9.27. The Bertz CT molecular complexity index is 1250. The van der Waals surface area contributed by atoms with E-state index in [4.69, 9.17) is 9.47 Å². The standard InChI is InChI=1S/C24H24F3N5O4/c1-23(2)12-15-4-3-5-17(20(15)35-23)34-14-19(33)32-10-8-31(9-11-32)18-7-6-16(13-28-18)21-29-22(36-30-21)24(25,26)27/h3-7,13H,8-12,14H2,1-2H3. The number of amides is 1. The minimum atomic E-state index is -4.70. The van der Waals surface area contributed by atoms with E-state index in [1.54, 1.807) is 23.1 Å². The molecule has 5 rings (SSSR count). The molecule has 0 N–H and O–H groups in total.